The number of rotatable bonds is 0. The zero-order valence-electron chi connectivity index (χ0n) is 6.03. The lowest BCUT2D eigenvalue weighted by Gasteiger charge is -2.28. The Hall–Kier alpha value is -0.410. The molecule has 0 aromatic carbocycles. The summed E-state index contributed by atoms with van der Waals surface area (Å²) in [7, 11) is 0. The van der Waals surface area contributed by atoms with Crippen molar-refractivity contribution in [3.63, 3.8) is 0 Å². The van der Waals surface area contributed by atoms with Crippen molar-refractivity contribution in [2.45, 2.75) is 26.1 Å². The Morgan fingerprint density at radius 2 is 1.80 bits per heavy atom. The fourth-order valence-corrected chi connectivity index (χ4v) is 1.31. The van der Waals surface area contributed by atoms with E-state index in [0.717, 1.165) is 0 Å². The van der Waals surface area contributed by atoms with Gasteiger partial charge in [0.1, 0.15) is 5.78 Å². The molecular formula is C7H10O3-2. The minimum absolute atomic E-state index is 0.410. The molecule has 0 aromatic heterocycles. The smallest absolute Gasteiger partial charge is 0.121 e. The molecule has 3 heteroatoms. The van der Waals surface area contributed by atoms with Gasteiger partial charge in [0.25, 0.3) is 0 Å². The maximum atomic E-state index is 11.0. The molecule has 0 heterocycles. The van der Waals surface area contributed by atoms with E-state index in [1.54, 1.807) is 6.92 Å². The highest BCUT2D eigenvalue weighted by atomic mass is 16.3. The monoisotopic (exact) mass is 142 g/mol. The lowest BCUT2D eigenvalue weighted by molar-refractivity contribution is -0.463. The molecule has 0 amide bonds. The first-order valence-corrected chi connectivity index (χ1v) is 3.41. The van der Waals surface area contributed by atoms with Gasteiger partial charge < -0.3 is 15.0 Å². The minimum Gasteiger partial charge on any atom is -0.851 e. The third kappa shape index (κ3) is 0.859. The molecular weight excluding hydrogens is 132 g/mol. The molecule has 3 nitrogen and oxygen atoms in total. The highest BCUT2D eigenvalue weighted by Gasteiger charge is 2.32. The summed E-state index contributed by atoms with van der Waals surface area (Å²) in [5, 5.41) is 21.8. The molecule has 4 unspecified atom stereocenters. The van der Waals surface area contributed by atoms with Crippen LogP contribution in [-0.2, 0) is 4.79 Å². The lowest BCUT2D eigenvalue weighted by atomic mass is 10.0. The van der Waals surface area contributed by atoms with Crippen LogP contribution in [0.2, 0.25) is 0 Å². The van der Waals surface area contributed by atoms with Crippen molar-refractivity contribution in [1.82, 2.24) is 0 Å². The van der Waals surface area contributed by atoms with Crippen molar-refractivity contribution in [2.24, 2.45) is 11.8 Å². The van der Waals surface area contributed by atoms with E-state index in [9.17, 15) is 15.0 Å². The summed E-state index contributed by atoms with van der Waals surface area (Å²) < 4.78 is 0. The van der Waals surface area contributed by atoms with Crippen LogP contribution in [0, 0.1) is 11.8 Å². The van der Waals surface area contributed by atoms with E-state index in [1.165, 1.54) is 6.92 Å². The molecule has 0 spiro atoms. The highest BCUT2D eigenvalue weighted by Crippen LogP contribution is 2.24. The molecule has 0 bridgehead atoms. The largest absolute Gasteiger partial charge is 0.851 e. The average molecular weight is 142 g/mol. The summed E-state index contributed by atoms with van der Waals surface area (Å²) in [6.45, 7) is 3.09. The normalized spacial score (nSPS) is 48.2. The number of carbonyl (C=O) groups is 1. The number of ketones is 1. The molecule has 0 saturated heterocycles. The van der Waals surface area contributed by atoms with Crippen molar-refractivity contribution < 1.29 is 15.0 Å². The summed E-state index contributed by atoms with van der Waals surface area (Å²) in [6, 6.07) is 0. The number of Topliss-reactive ketones (excluding diaryl/α,β-unsaturated/α-hetero) is 1. The van der Waals surface area contributed by atoms with E-state index in [-0.39, 0.29) is 0 Å². The van der Waals surface area contributed by atoms with Crippen LogP contribution in [0.5, 0.6) is 0 Å². The maximum Gasteiger partial charge on any atom is 0.121 e. The number of hydrogen-bond donors (Lipinski definition) is 0. The van der Waals surface area contributed by atoms with Gasteiger partial charge in [0.05, 0.1) is 0 Å². The summed E-state index contributed by atoms with van der Waals surface area (Å²) in [5.74, 6) is -1.51. The highest BCUT2D eigenvalue weighted by molar-refractivity contribution is 5.87. The number of carbonyl (C=O) groups excluding carboxylic acids is 1. The van der Waals surface area contributed by atoms with Crippen molar-refractivity contribution in [1.29, 1.82) is 0 Å². The molecule has 0 radical (unpaired) electrons. The molecule has 1 rings (SSSR count). The molecule has 0 N–H and O–H groups in total. The molecule has 1 aliphatic carbocycles. The Morgan fingerprint density at radius 3 is 1.90 bits per heavy atom. The van der Waals surface area contributed by atoms with Gasteiger partial charge in [-0.05, 0) is 0 Å². The Kier molecular flexibility index (Phi) is 1.79. The van der Waals surface area contributed by atoms with Crippen LogP contribution >= 0.6 is 0 Å². The zero-order chi connectivity index (χ0) is 7.89. The van der Waals surface area contributed by atoms with Crippen LogP contribution < -0.4 is 10.2 Å². The molecule has 10 heavy (non-hydrogen) atoms. The van der Waals surface area contributed by atoms with Crippen LogP contribution in [0.3, 0.4) is 0 Å². The molecule has 0 aliphatic heterocycles. The first-order valence-electron chi connectivity index (χ1n) is 3.41. The van der Waals surface area contributed by atoms with E-state index < -0.39 is 29.8 Å². The first kappa shape index (κ1) is 7.69. The van der Waals surface area contributed by atoms with Crippen molar-refractivity contribution in [3.8, 4) is 0 Å². The minimum atomic E-state index is -1.27. The third-order valence-corrected chi connectivity index (χ3v) is 2.22. The Bertz CT molecular complexity index is 139. The maximum absolute atomic E-state index is 11.0. The lowest BCUT2D eigenvalue weighted by Crippen LogP contribution is -2.39. The molecule has 1 aliphatic rings. The fraction of sp³-hybridized carbons (Fsp3) is 0.857. The second kappa shape index (κ2) is 2.32. The Labute approximate surface area is 59.7 Å². The average Bonchev–Trinajstić information content (AvgIpc) is 2.07. The van der Waals surface area contributed by atoms with Crippen LogP contribution in [-0.4, -0.2) is 18.0 Å². The van der Waals surface area contributed by atoms with Gasteiger partial charge in [-0.1, -0.05) is 25.9 Å². The van der Waals surface area contributed by atoms with Crippen LogP contribution in [0.25, 0.3) is 0 Å². The Balaban J connectivity index is 2.78. The zero-order valence-corrected chi connectivity index (χ0v) is 6.03. The van der Waals surface area contributed by atoms with Crippen molar-refractivity contribution in [2.75, 3.05) is 0 Å². The van der Waals surface area contributed by atoms with Gasteiger partial charge in [-0.25, -0.2) is 0 Å². The van der Waals surface area contributed by atoms with E-state index >= 15 is 0 Å². The predicted octanol–water partition coefficient (Wildman–Crippen LogP) is -1.70. The van der Waals surface area contributed by atoms with Crippen molar-refractivity contribution in [3.05, 3.63) is 0 Å². The quantitative estimate of drug-likeness (QED) is 0.405. The van der Waals surface area contributed by atoms with Gasteiger partial charge in [0.2, 0.25) is 0 Å². The van der Waals surface area contributed by atoms with E-state index in [1.807, 2.05) is 0 Å². The second-order valence-corrected chi connectivity index (χ2v) is 2.94. The SMILES string of the molecule is CC1C(=O)C([O-])C(C)C1[O-]. The molecule has 1 saturated carbocycles. The topological polar surface area (TPSA) is 63.2 Å². The predicted molar refractivity (Wildman–Crippen MR) is 30.9 cm³/mol. The molecule has 4 atom stereocenters. The van der Waals surface area contributed by atoms with Gasteiger partial charge in [-0.2, -0.15) is 0 Å². The first-order chi connectivity index (χ1) is 4.55. The second-order valence-electron chi connectivity index (χ2n) is 2.94. The van der Waals surface area contributed by atoms with Crippen LogP contribution in [0.1, 0.15) is 13.8 Å². The summed E-state index contributed by atoms with van der Waals surface area (Å²) in [4.78, 5) is 10.8. The van der Waals surface area contributed by atoms with E-state index in [4.69, 9.17) is 0 Å². The molecule has 1 fully saturated rings. The standard InChI is InChI=1S/C7H10O3/c1-3-5(8)4(2)7(10)6(3)9/h3-6H,1-2H3/q-2. The number of hydrogen-bond acceptors (Lipinski definition) is 3. The van der Waals surface area contributed by atoms with Crippen LogP contribution in [0.15, 0.2) is 0 Å². The third-order valence-electron chi connectivity index (χ3n) is 2.22. The summed E-state index contributed by atoms with van der Waals surface area (Å²) in [6.07, 6.45) is -2.24. The van der Waals surface area contributed by atoms with Gasteiger partial charge in [0.15, 0.2) is 0 Å². The van der Waals surface area contributed by atoms with Gasteiger partial charge in [0, 0.05) is 5.92 Å². The molecule has 58 valence electrons. The Morgan fingerprint density at radius 1 is 1.30 bits per heavy atom. The molecule has 0 aromatic rings. The fourth-order valence-electron chi connectivity index (χ4n) is 1.31. The van der Waals surface area contributed by atoms with Gasteiger partial charge in [-0.15, -0.1) is 6.10 Å². The van der Waals surface area contributed by atoms with Gasteiger partial charge >= 0.3 is 0 Å². The van der Waals surface area contributed by atoms with Gasteiger partial charge in [-0.3, -0.25) is 0 Å². The van der Waals surface area contributed by atoms with Crippen molar-refractivity contribution >= 4 is 5.78 Å². The van der Waals surface area contributed by atoms with E-state index in [0.29, 0.717) is 0 Å². The summed E-state index contributed by atoms with van der Waals surface area (Å²) >= 11 is 0. The van der Waals surface area contributed by atoms with Crippen LogP contribution in [0.4, 0.5) is 0 Å². The summed E-state index contributed by atoms with van der Waals surface area (Å²) in [5.41, 5.74) is 0. The van der Waals surface area contributed by atoms with E-state index in [2.05, 4.69) is 0 Å².